The molecule has 0 bridgehead atoms. The molecule has 0 amide bonds. The first kappa shape index (κ1) is 16.2. The monoisotopic (exact) mass is 341 g/mol. The van der Waals surface area contributed by atoms with Gasteiger partial charge in [-0.05, 0) is 42.7 Å². The molecule has 0 saturated heterocycles. The van der Waals surface area contributed by atoms with E-state index in [1.807, 2.05) is 25.1 Å². The van der Waals surface area contributed by atoms with Crippen LogP contribution in [0.4, 0.5) is 0 Å². The molecule has 0 spiro atoms. The molecule has 0 unspecified atom stereocenters. The number of pyridine rings is 1. The molecule has 1 heterocycles. The van der Waals surface area contributed by atoms with Gasteiger partial charge in [-0.25, -0.2) is 4.98 Å². The summed E-state index contributed by atoms with van der Waals surface area (Å²) in [5, 5.41) is 1.68. The summed E-state index contributed by atoms with van der Waals surface area (Å²) in [5.41, 5.74) is 3.05. The van der Waals surface area contributed by atoms with Gasteiger partial charge in [0.15, 0.2) is 0 Å². The van der Waals surface area contributed by atoms with Crippen LogP contribution in [0.25, 0.3) is 5.57 Å². The average Bonchev–Trinajstić information content (AvgIpc) is 2.47. The highest BCUT2D eigenvalue weighted by Gasteiger charge is 2.05. The second-order valence-corrected chi connectivity index (χ2v) is 5.79. The number of nitrogens with zero attached hydrogens (tertiary/aromatic N) is 1. The molecule has 1 aromatic heterocycles. The maximum Gasteiger partial charge on any atom is 0.216 e. The van der Waals surface area contributed by atoms with Gasteiger partial charge in [-0.15, -0.1) is 0 Å². The standard InChI is InChI=1S/C16H14Cl3NO/c1-10(11-5-6-14(18)15(19)8-11)3-4-12-7-13(17)9-20-16(12)21-2/h3,5-9H,4H2,1-2H3/b10-3+. The van der Waals surface area contributed by atoms with Crippen molar-refractivity contribution >= 4 is 40.4 Å². The fraction of sp³-hybridized carbons (Fsp3) is 0.188. The highest BCUT2D eigenvalue weighted by Crippen LogP contribution is 2.27. The summed E-state index contributed by atoms with van der Waals surface area (Å²) in [6, 6.07) is 7.43. The van der Waals surface area contributed by atoms with Crippen molar-refractivity contribution < 1.29 is 4.74 Å². The van der Waals surface area contributed by atoms with E-state index in [-0.39, 0.29) is 0 Å². The summed E-state index contributed by atoms with van der Waals surface area (Å²) in [7, 11) is 1.59. The fourth-order valence-electron chi connectivity index (χ4n) is 1.92. The Labute approximate surface area is 139 Å². The summed E-state index contributed by atoms with van der Waals surface area (Å²) < 4.78 is 5.24. The van der Waals surface area contributed by atoms with Gasteiger partial charge in [-0.2, -0.15) is 0 Å². The van der Waals surface area contributed by atoms with Crippen molar-refractivity contribution in [3.05, 3.63) is 62.7 Å². The topological polar surface area (TPSA) is 22.1 Å². The van der Waals surface area contributed by atoms with Crippen molar-refractivity contribution in [1.29, 1.82) is 0 Å². The predicted octanol–water partition coefficient (Wildman–Crippen LogP) is 5.70. The number of hydrogen-bond donors (Lipinski definition) is 0. The number of methoxy groups -OCH3 is 1. The fourth-order valence-corrected chi connectivity index (χ4v) is 2.40. The van der Waals surface area contributed by atoms with Crippen molar-refractivity contribution in [1.82, 2.24) is 4.98 Å². The molecule has 0 N–H and O–H groups in total. The van der Waals surface area contributed by atoms with E-state index in [9.17, 15) is 0 Å². The van der Waals surface area contributed by atoms with Gasteiger partial charge in [0.2, 0.25) is 5.88 Å². The number of aromatic nitrogens is 1. The lowest BCUT2D eigenvalue weighted by atomic mass is 10.0. The van der Waals surface area contributed by atoms with Crippen LogP contribution in [0.15, 0.2) is 36.5 Å². The molecule has 110 valence electrons. The number of hydrogen-bond acceptors (Lipinski definition) is 2. The molecular weight excluding hydrogens is 329 g/mol. The number of benzene rings is 1. The van der Waals surface area contributed by atoms with Crippen molar-refractivity contribution in [2.24, 2.45) is 0 Å². The SMILES string of the molecule is COc1ncc(Cl)cc1C/C=C(\C)c1ccc(Cl)c(Cl)c1. The van der Waals surface area contributed by atoms with Gasteiger partial charge in [-0.1, -0.05) is 46.9 Å². The normalized spacial score (nSPS) is 11.6. The molecule has 0 aliphatic heterocycles. The van der Waals surface area contributed by atoms with E-state index < -0.39 is 0 Å². The Morgan fingerprint density at radius 3 is 2.62 bits per heavy atom. The lowest BCUT2D eigenvalue weighted by Crippen LogP contribution is -1.94. The molecule has 0 atom stereocenters. The van der Waals surface area contributed by atoms with Crippen LogP contribution in [-0.2, 0) is 6.42 Å². The number of halogens is 3. The minimum absolute atomic E-state index is 0.545. The molecule has 2 aromatic rings. The third-order valence-corrected chi connectivity index (χ3v) is 4.03. The van der Waals surface area contributed by atoms with Crippen LogP contribution in [0.2, 0.25) is 15.1 Å². The molecule has 0 aliphatic carbocycles. The van der Waals surface area contributed by atoms with Crippen LogP contribution >= 0.6 is 34.8 Å². The summed E-state index contributed by atoms with van der Waals surface area (Å²) >= 11 is 17.9. The molecule has 5 heteroatoms. The predicted molar refractivity (Wildman–Crippen MR) is 89.6 cm³/mol. The van der Waals surface area contributed by atoms with E-state index in [0.717, 1.165) is 16.7 Å². The van der Waals surface area contributed by atoms with Gasteiger partial charge in [-0.3, -0.25) is 0 Å². The van der Waals surface area contributed by atoms with Crippen LogP contribution in [0.5, 0.6) is 5.88 Å². The van der Waals surface area contributed by atoms with E-state index in [1.165, 1.54) is 0 Å². The first-order valence-corrected chi connectivity index (χ1v) is 7.45. The Balaban J connectivity index is 2.24. The van der Waals surface area contributed by atoms with Gasteiger partial charge >= 0.3 is 0 Å². The summed E-state index contributed by atoms with van der Waals surface area (Å²) in [5.74, 6) is 0.581. The van der Waals surface area contributed by atoms with Crippen LogP contribution < -0.4 is 4.74 Å². The first-order valence-electron chi connectivity index (χ1n) is 6.32. The maximum atomic E-state index is 6.04. The Hall–Kier alpha value is -1.22. The maximum absolute atomic E-state index is 6.04. The Morgan fingerprint density at radius 1 is 1.19 bits per heavy atom. The van der Waals surface area contributed by atoms with Crippen LogP contribution in [0, 0.1) is 0 Å². The Bertz CT molecular complexity index is 683. The highest BCUT2D eigenvalue weighted by atomic mass is 35.5. The summed E-state index contributed by atoms with van der Waals surface area (Å²) in [6.07, 6.45) is 4.32. The van der Waals surface area contributed by atoms with E-state index >= 15 is 0 Å². The van der Waals surface area contributed by atoms with Gasteiger partial charge in [0, 0.05) is 11.8 Å². The zero-order chi connectivity index (χ0) is 15.4. The molecule has 21 heavy (non-hydrogen) atoms. The van der Waals surface area contributed by atoms with Gasteiger partial charge in [0.05, 0.1) is 22.2 Å². The minimum Gasteiger partial charge on any atom is -0.481 e. The van der Waals surface area contributed by atoms with Crippen molar-refractivity contribution in [3.63, 3.8) is 0 Å². The minimum atomic E-state index is 0.545. The molecular formula is C16H14Cl3NO. The molecule has 0 radical (unpaired) electrons. The second-order valence-electron chi connectivity index (χ2n) is 4.54. The molecule has 1 aromatic carbocycles. The zero-order valence-electron chi connectivity index (χ0n) is 11.7. The summed E-state index contributed by atoms with van der Waals surface area (Å²) in [6.45, 7) is 2.02. The molecule has 0 fully saturated rings. The van der Waals surface area contributed by atoms with Gasteiger partial charge in [0.25, 0.3) is 0 Å². The number of allylic oxidation sites excluding steroid dienone is 2. The Morgan fingerprint density at radius 2 is 1.95 bits per heavy atom. The van der Waals surface area contributed by atoms with Crippen molar-refractivity contribution in [3.8, 4) is 5.88 Å². The van der Waals surface area contributed by atoms with Crippen LogP contribution in [0.1, 0.15) is 18.1 Å². The third kappa shape index (κ3) is 4.13. The van der Waals surface area contributed by atoms with Gasteiger partial charge in [0.1, 0.15) is 0 Å². The number of ether oxygens (including phenoxy) is 1. The average molecular weight is 343 g/mol. The quantitative estimate of drug-likeness (QED) is 0.711. The van der Waals surface area contributed by atoms with Crippen LogP contribution in [0.3, 0.4) is 0 Å². The molecule has 0 aliphatic rings. The van der Waals surface area contributed by atoms with E-state index in [2.05, 4.69) is 11.1 Å². The lowest BCUT2D eigenvalue weighted by Gasteiger charge is -2.07. The van der Waals surface area contributed by atoms with Gasteiger partial charge < -0.3 is 4.74 Å². The van der Waals surface area contributed by atoms with Crippen molar-refractivity contribution in [2.45, 2.75) is 13.3 Å². The smallest absolute Gasteiger partial charge is 0.216 e. The second kappa shape index (κ2) is 7.17. The van der Waals surface area contributed by atoms with Crippen LogP contribution in [-0.4, -0.2) is 12.1 Å². The largest absolute Gasteiger partial charge is 0.481 e. The first-order chi connectivity index (χ1) is 10.0. The summed E-state index contributed by atoms with van der Waals surface area (Å²) in [4.78, 5) is 4.15. The van der Waals surface area contributed by atoms with E-state index in [0.29, 0.717) is 27.4 Å². The van der Waals surface area contributed by atoms with E-state index in [1.54, 1.807) is 19.4 Å². The van der Waals surface area contributed by atoms with Crippen molar-refractivity contribution in [2.75, 3.05) is 7.11 Å². The zero-order valence-corrected chi connectivity index (χ0v) is 13.9. The third-order valence-electron chi connectivity index (χ3n) is 3.09. The number of rotatable bonds is 4. The van der Waals surface area contributed by atoms with E-state index in [4.69, 9.17) is 39.5 Å². The Kier molecular flexibility index (Phi) is 5.51. The molecule has 2 nitrogen and oxygen atoms in total. The highest BCUT2D eigenvalue weighted by molar-refractivity contribution is 6.42. The lowest BCUT2D eigenvalue weighted by molar-refractivity contribution is 0.393. The molecule has 0 saturated carbocycles. The molecule has 2 rings (SSSR count).